The van der Waals surface area contributed by atoms with Gasteiger partial charge in [-0.25, -0.2) is 8.42 Å². The van der Waals surface area contributed by atoms with Gasteiger partial charge in [0.25, 0.3) is 10.0 Å². The first-order valence-electron chi connectivity index (χ1n) is 5.65. The predicted molar refractivity (Wildman–Crippen MR) is 70.5 cm³/mol. The van der Waals surface area contributed by atoms with Crippen molar-refractivity contribution in [2.75, 3.05) is 11.8 Å². The first kappa shape index (κ1) is 14.1. The summed E-state index contributed by atoms with van der Waals surface area (Å²) in [5.41, 5.74) is 0.276. The molecule has 0 aliphatic carbocycles. The highest BCUT2D eigenvalue weighted by Gasteiger charge is 2.16. The van der Waals surface area contributed by atoms with Gasteiger partial charge in [0.15, 0.2) is 0 Å². The molecule has 0 saturated carbocycles. The Labute approximate surface area is 116 Å². The van der Waals surface area contributed by atoms with Crippen molar-refractivity contribution in [1.82, 2.24) is 14.3 Å². The summed E-state index contributed by atoms with van der Waals surface area (Å²) in [6.07, 6.45) is 5.86. The zero-order valence-electron chi connectivity index (χ0n) is 11.0. The number of aryl methyl sites for hydroxylation is 1. The summed E-state index contributed by atoms with van der Waals surface area (Å²) in [5, 5.41) is 3.87. The molecule has 0 unspecified atom stereocenters. The molecular formula is C11H14N4O4S. The van der Waals surface area contributed by atoms with Crippen LogP contribution in [0.15, 0.2) is 35.7 Å². The Balaban J connectivity index is 2.12. The molecule has 1 N–H and O–H groups in total. The fraction of sp³-hybridized carbons (Fsp3) is 0.273. The van der Waals surface area contributed by atoms with Gasteiger partial charge in [-0.3, -0.25) is 14.2 Å². The van der Waals surface area contributed by atoms with Crippen LogP contribution in [0.1, 0.15) is 0 Å². The highest BCUT2D eigenvalue weighted by molar-refractivity contribution is 7.92. The Morgan fingerprint density at radius 2 is 2.20 bits per heavy atom. The van der Waals surface area contributed by atoms with Crippen molar-refractivity contribution in [3.05, 3.63) is 30.9 Å². The highest BCUT2D eigenvalue weighted by Crippen LogP contribution is 2.15. The standard InChI is InChI=1S/C11H14N4O4S/c1-14-4-3-10(7-14)20(17,18)13-9-5-12-15(6-9)8-11(16)19-2/h3-7,13H,8H2,1-2H3. The van der Waals surface area contributed by atoms with E-state index in [4.69, 9.17) is 0 Å². The first-order valence-corrected chi connectivity index (χ1v) is 7.13. The van der Waals surface area contributed by atoms with Crippen LogP contribution in [0.2, 0.25) is 0 Å². The molecule has 20 heavy (non-hydrogen) atoms. The number of sulfonamides is 1. The maximum absolute atomic E-state index is 12.0. The molecule has 0 spiro atoms. The van der Waals surface area contributed by atoms with Crippen molar-refractivity contribution in [2.24, 2.45) is 7.05 Å². The molecule has 9 heteroatoms. The first-order chi connectivity index (χ1) is 9.40. The smallest absolute Gasteiger partial charge is 0.327 e. The molecule has 0 fully saturated rings. The van der Waals surface area contributed by atoms with Crippen LogP contribution in [0.5, 0.6) is 0 Å². The summed E-state index contributed by atoms with van der Waals surface area (Å²) in [6.45, 7) is -0.0798. The number of anilines is 1. The highest BCUT2D eigenvalue weighted by atomic mass is 32.2. The van der Waals surface area contributed by atoms with E-state index in [2.05, 4.69) is 14.6 Å². The van der Waals surface area contributed by atoms with Gasteiger partial charge in [-0.1, -0.05) is 0 Å². The van der Waals surface area contributed by atoms with Gasteiger partial charge in [0.05, 0.1) is 19.0 Å². The van der Waals surface area contributed by atoms with Gasteiger partial charge in [-0.15, -0.1) is 0 Å². The van der Waals surface area contributed by atoms with Gasteiger partial charge in [0.2, 0.25) is 0 Å². The van der Waals surface area contributed by atoms with Gasteiger partial charge < -0.3 is 9.30 Å². The van der Waals surface area contributed by atoms with Gasteiger partial charge in [-0.05, 0) is 6.07 Å². The number of rotatable bonds is 5. The van der Waals surface area contributed by atoms with Crippen LogP contribution in [0.4, 0.5) is 5.69 Å². The number of aromatic nitrogens is 3. The Bertz CT molecular complexity index is 716. The van der Waals surface area contributed by atoms with E-state index < -0.39 is 16.0 Å². The van der Waals surface area contributed by atoms with Crippen LogP contribution in [-0.2, 0) is 33.1 Å². The summed E-state index contributed by atoms with van der Waals surface area (Å²) in [6, 6.07) is 1.49. The molecule has 0 aliphatic rings. The second-order valence-electron chi connectivity index (χ2n) is 4.12. The van der Waals surface area contributed by atoms with Crippen molar-refractivity contribution in [2.45, 2.75) is 11.4 Å². The number of hydrogen-bond acceptors (Lipinski definition) is 5. The van der Waals surface area contributed by atoms with Crippen molar-refractivity contribution >= 4 is 21.7 Å². The lowest BCUT2D eigenvalue weighted by atomic mass is 10.6. The van der Waals surface area contributed by atoms with Crippen molar-refractivity contribution < 1.29 is 17.9 Å². The fourth-order valence-electron chi connectivity index (χ4n) is 1.55. The number of methoxy groups -OCH3 is 1. The predicted octanol–water partition coefficient (Wildman–Crippen LogP) is 0.195. The second kappa shape index (κ2) is 5.37. The third kappa shape index (κ3) is 3.18. The molecule has 2 rings (SSSR count). The Morgan fingerprint density at radius 1 is 1.45 bits per heavy atom. The molecule has 108 valence electrons. The van der Waals surface area contributed by atoms with E-state index in [0.29, 0.717) is 0 Å². The number of hydrogen-bond donors (Lipinski definition) is 1. The fourth-order valence-corrected chi connectivity index (χ4v) is 2.63. The molecular weight excluding hydrogens is 284 g/mol. The molecule has 0 amide bonds. The zero-order chi connectivity index (χ0) is 14.8. The lowest BCUT2D eigenvalue weighted by Gasteiger charge is -2.03. The van der Waals surface area contributed by atoms with Crippen LogP contribution in [0, 0.1) is 0 Å². The minimum Gasteiger partial charge on any atom is -0.468 e. The summed E-state index contributed by atoms with van der Waals surface area (Å²) in [5.74, 6) is -0.467. The summed E-state index contributed by atoms with van der Waals surface area (Å²) in [4.78, 5) is 11.2. The molecule has 0 bridgehead atoms. The minimum atomic E-state index is -3.65. The number of carbonyl (C=O) groups excluding carboxylic acids is 1. The normalized spacial score (nSPS) is 11.3. The van der Waals surface area contributed by atoms with Gasteiger partial charge in [0.1, 0.15) is 11.4 Å². The molecule has 0 atom stereocenters. The van der Waals surface area contributed by atoms with Crippen molar-refractivity contribution in [3.8, 4) is 0 Å². The van der Waals surface area contributed by atoms with Gasteiger partial charge in [-0.2, -0.15) is 5.10 Å². The molecule has 0 aliphatic heterocycles. The van der Waals surface area contributed by atoms with Crippen molar-refractivity contribution in [1.29, 1.82) is 0 Å². The number of esters is 1. The number of nitrogens with zero attached hydrogens (tertiary/aromatic N) is 3. The third-order valence-corrected chi connectivity index (χ3v) is 3.89. The Kier molecular flexibility index (Phi) is 3.79. The van der Waals surface area contributed by atoms with E-state index in [0.717, 1.165) is 0 Å². The number of carbonyl (C=O) groups is 1. The topological polar surface area (TPSA) is 95.2 Å². The van der Waals surface area contributed by atoms with E-state index in [1.54, 1.807) is 17.8 Å². The average molecular weight is 298 g/mol. The van der Waals surface area contributed by atoms with E-state index in [1.807, 2.05) is 0 Å². The molecule has 0 radical (unpaired) electrons. The quantitative estimate of drug-likeness (QED) is 0.795. The molecule has 2 aromatic rings. The average Bonchev–Trinajstić information content (AvgIpc) is 2.98. The van der Waals surface area contributed by atoms with Crippen LogP contribution in [-0.4, -0.2) is 35.8 Å². The molecule has 0 aromatic carbocycles. The molecule has 0 saturated heterocycles. The van der Waals surface area contributed by atoms with Crippen LogP contribution >= 0.6 is 0 Å². The second-order valence-corrected chi connectivity index (χ2v) is 5.80. The van der Waals surface area contributed by atoms with Crippen LogP contribution in [0.3, 0.4) is 0 Å². The van der Waals surface area contributed by atoms with Gasteiger partial charge in [0, 0.05) is 25.6 Å². The monoisotopic (exact) mass is 298 g/mol. The van der Waals surface area contributed by atoms with E-state index >= 15 is 0 Å². The lowest BCUT2D eigenvalue weighted by molar-refractivity contribution is -0.141. The lowest BCUT2D eigenvalue weighted by Crippen LogP contribution is -2.13. The van der Waals surface area contributed by atoms with Crippen molar-refractivity contribution in [3.63, 3.8) is 0 Å². The Hall–Kier alpha value is -2.29. The number of nitrogens with one attached hydrogen (secondary N) is 1. The van der Waals surface area contributed by atoms with E-state index in [9.17, 15) is 13.2 Å². The maximum atomic E-state index is 12.0. The Morgan fingerprint density at radius 3 is 2.80 bits per heavy atom. The van der Waals surface area contributed by atoms with E-state index in [-0.39, 0.29) is 17.1 Å². The molecule has 2 heterocycles. The third-order valence-electron chi connectivity index (χ3n) is 2.52. The minimum absolute atomic E-state index is 0.0798. The zero-order valence-corrected chi connectivity index (χ0v) is 11.8. The summed E-state index contributed by atoms with van der Waals surface area (Å²) in [7, 11) is -0.655. The maximum Gasteiger partial charge on any atom is 0.327 e. The van der Waals surface area contributed by atoms with Crippen LogP contribution < -0.4 is 4.72 Å². The van der Waals surface area contributed by atoms with E-state index in [1.165, 1.54) is 36.4 Å². The SMILES string of the molecule is COC(=O)Cn1cc(NS(=O)(=O)c2ccn(C)c2)cn1. The largest absolute Gasteiger partial charge is 0.468 e. The summed E-state index contributed by atoms with van der Waals surface area (Å²) < 4.78 is 33.9. The van der Waals surface area contributed by atoms with Crippen LogP contribution in [0.25, 0.3) is 0 Å². The number of ether oxygens (including phenoxy) is 1. The molecule has 8 nitrogen and oxygen atoms in total. The summed E-state index contributed by atoms with van der Waals surface area (Å²) >= 11 is 0. The van der Waals surface area contributed by atoms with Gasteiger partial charge >= 0.3 is 5.97 Å². The molecule has 2 aromatic heterocycles.